The van der Waals surface area contributed by atoms with Gasteiger partial charge in [-0.3, -0.25) is 14.2 Å². The first-order valence-corrected chi connectivity index (χ1v) is 8.87. The Morgan fingerprint density at radius 2 is 1.73 bits per heavy atom. The molecule has 6 nitrogen and oxygen atoms in total. The lowest BCUT2D eigenvalue weighted by Gasteiger charge is -2.10. The van der Waals surface area contributed by atoms with Gasteiger partial charge in [-0.1, -0.05) is 18.2 Å². The van der Waals surface area contributed by atoms with Crippen LogP contribution < -0.4 is 10.9 Å². The summed E-state index contributed by atoms with van der Waals surface area (Å²) in [5.41, 5.74) is 2.61. The molecule has 0 saturated carbocycles. The van der Waals surface area contributed by atoms with Gasteiger partial charge in [0.05, 0.1) is 10.6 Å². The summed E-state index contributed by atoms with van der Waals surface area (Å²) in [5.74, 6) is -0.190. The Morgan fingerprint density at radius 1 is 1.04 bits per heavy atom. The smallest absolute Gasteiger partial charge is 0.255 e. The van der Waals surface area contributed by atoms with E-state index in [4.69, 9.17) is 4.55 Å². The maximum Gasteiger partial charge on any atom is 0.255 e. The molecule has 0 saturated heterocycles. The lowest BCUT2D eigenvalue weighted by atomic mass is 10.1. The lowest BCUT2D eigenvalue weighted by molar-refractivity contribution is -0.114. The average Bonchev–Trinajstić information content (AvgIpc) is 2.62. The van der Waals surface area contributed by atoms with Gasteiger partial charge >= 0.3 is 0 Å². The molecule has 1 aromatic heterocycles. The molecule has 0 bridgehead atoms. The van der Waals surface area contributed by atoms with Gasteiger partial charge in [0.1, 0.15) is 0 Å². The molecule has 2 aromatic carbocycles. The monoisotopic (exact) mass is 368 g/mol. The number of carbonyl (C=O) groups is 1. The number of anilines is 1. The molecule has 0 aliphatic rings. The Bertz CT molecular complexity index is 1040. The Labute approximate surface area is 152 Å². The molecule has 132 valence electrons. The second kappa shape index (κ2) is 7.47. The SMILES string of the molecule is CC(=O)Nc1cccc(-n2cc(-c3ccc(S(=O)O)cc3)ccc2=O)c1. The van der Waals surface area contributed by atoms with Gasteiger partial charge in [0, 0.05) is 24.9 Å². The van der Waals surface area contributed by atoms with Crippen LogP contribution in [-0.2, 0) is 15.9 Å². The summed E-state index contributed by atoms with van der Waals surface area (Å²) >= 11 is -2.03. The number of hydrogen-bond donors (Lipinski definition) is 2. The van der Waals surface area contributed by atoms with Crippen LogP contribution >= 0.6 is 0 Å². The number of carbonyl (C=O) groups excluding carboxylic acids is 1. The van der Waals surface area contributed by atoms with Crippen LogP contribution in [-0.4, -0.2) is 19.2 Å². The maximum atomic E-state index is 12.3. The molecule has 1 amide bonds. The fraction of sp³-hybridized carbons (Fsp3) is 0.0526. The number of nitrogens with one attached hydrogen (secondary N) is 1. The molecule has 0 fully saturated rings. The highest BCUT2D eigenvalue weighted by Gasteiger charge is 2.06. The zero-order valence-corrected chi connectivity index (χ0v) is 14.7. The fourth-order valence-corrected chi connectivity index (χ4v) is 2.93. The molecule has 0 radical (unpaired) electrons. The summed E-state index contributed by atoms with van der Waals surface area (Å²) in [4.78, 5) is 23.8. The van der Waals surface area contributed by atoms with Gasteiger partial charge < -0.3 is 9.87 Å². The van der Waals surface area contributed by atoms with E-state index in [9.17, 15) is 13.8 Å². The van der Waals surface area contributed by atoms with Crippen LogP contribution in [0.15, 0.2) is 76.6 Å². The molecule has 0 aliphatic carbocycles. The molecule has 7 heteroatoms. The standard InChI is InChI=1S/C19H16N2O4S/c1-13(22)20-16-3-2-4-17(11-16)21-12-15(7-10-19(21)23)14-5-8-18(9-6-14)26(24)25/h2-12H,1H3,(H,20,22)(H,24,25). The minimum Gasteiger partial charge on any atom is -0.326 e. The quantitative estimate of drug-likeness (QED) is 0.693. The van der Waals surface area contributed by atoms with Crippen molar-refractivity contribution in [1.82, 2.24) is 4.57 Å². The topological polar surface area (TPSA) is 88.4 Å². The van der Waals surface area contributed by atoms with Crippen LogP contribution in [0, 0.1) is 0 Å². The van der Waals surface area contributed by atoms with Gasteiger partial charge in [-0.2, -0.15) is 0 Å². The predicted molar refractivity (Wildman–Crippen MR) is 101 cm³/mol. The van der Waals surface area contributed by atoms with Gasteiger partial charge in [0.2, 0.25) is 5.91 Å². The van der Waals surface area contributed by atoms with Crippen molar-refractivity contribution in [3.8, 4) is 16.8 Å². The first-order chi connectivity index (χ1) is 12.4. The maximum absolute atomic E-state index is 12.3. The molecule has 2 N–H and O–H groups in total. The normalized spacial score (nSPS) is 11.8. The summed E-state index contributed by atoms with van der Waals surface area (Å²) in [7, 11) is 0. The summed E-state index contributed by atoms with van der Waals surface area (Å²) in [6.07, 6.45) is 1.69. The van der Waals surface area contributed by atoms with Crippen molar-refractivity contribution in [1.29, 1.82) is 0 Å². The van der Waals surface area contributed by atoms with Crippen LogP contribution in [0.5, 0.6) is 0 Å². The van der Waals surface area contributed by atoms with E-state index in [1.165, 1.54) is 17.6 Å². The molecule has 0 aliphatic heterocycles. The second-order valence-electron chi connectivity index (χ2n) is 5.63. The first kappa shape index (κ1) is 17.8. The van der Waals surface area contributed by atoms with Gasteiger partial charge in [0.15, 0.2) is 11.1 Å². The van der Waals surface area contributed by atoms with E-state index < -0.39 is 11.1 Å². The zero-order valence-electron chi connectivity index (χ0n) is 13.9. The van der Waals surface area contributed by atoms with Gasteiger partial charge in [-0.25, -0.2) is 4.21 Å². The summed E-state index contributed by atoms with van der Waals surface area (Å²) in [5, 5.41) is 2.69. The third-order valence-corrected chi connectivity index (χ3v) is 4.42. The van der Waals surface area contributed by atoms with E-state index in [-0.39, 0.29) is 11.5 Å². The van der Waals surface area contributed by atoms with E-state index in [1.807, 2.05) is 0 Å². The van der Waals surface area contributed by atoms with Crippen molar-refractivity contribution >= 4 is 22.7 Å². The molecular weight excluding hydrogens is 352 g/mol. The Balaban J connectivity index is 2.02. The van der Waals surface area contributed by atoms with Crippen LogP contribution in [0.1, 0.15) is 6.92 Å². The highest BCUT2D eigenvalue weighted by atomic mass is 32.2. The van der Waals surface area contributed by atoms with E-state index in [2.05, 4.69) is 5.32 Å². The van der Waals surface area contributed by atoms with E-state index in [0.29, 0.717) is 16.3 Å². The highest BCUT2D eigenvalue weighted by Crippen LogP contribution is 2.21. The molecule has 3 aromatic rings. The fourth-order valence-electron chi connectivity index (χ4n) is 2.56. The number of nitrogens with zero attached hydrogens (tertiary/aromatic N) is 1. The third-order valence-electron chi connectivity index (χ3n) is 3.75. The summed E-state index contributed by atoms with van der Waals surface area (Å²) < 4.78 is 21.7. The zero-order chi connectivity index (χ0) is 18.7. The van der Waals surface area contributed by atoms with E-state index in [0.717, 1.165) is 11.1 Å². The largest absolute Gasteiger partial charge is 0.326 e. The van der Waals surface area contributed by atoms with Crippen LogP contribution in [0.3, 0.4) is 0 Å². The number of aromatic nitrogens is 1. The van der Waals surface area contributed by atoms with E-state index in [1.54, 1.807) is 60.8 Å². The van der Waals surface area contributed by atoms with Gasteiger partial charge in [0.25, 0.3) is 5.56 Å². The number of amides is 1. The molecular formula is C19H16N2O4S. The van der Waals surface area contributed by atoms with Crippen LogP contribution in [0.2, 0.25) is 0 Å². The van der Waals surface area contributed by atoms with Crippen molar-refractivity contribution in [2.45, 2.75) is 11.8 Å². The molecule has 1 unspecified atom stereocenters. The molecule has 1 atom stereocenters. The Morgan fingerprint density at radius 3 is 2.38 bits per heavy atom. The van der Waals surface area contributed by atoms with Crippen molar-refractivity contribution in [2.75, 3.05) is 5.32 Å². The first-order valence-electron chi connectivity index (χ1n) is 7.76. The van der Waals surface area contributed by atoms with E-state index >= 15 is 0 Å². The number of pyridine rings is 1. The van der Waals surface area contributed by atoms with Crippen molar-refractivity contribution in [3.63, 3.8) is 0 Å². The summed E-state index contributed by atoms with van der Waals surface area (Å²) in [6, 6.07) is 16.7. The van der Waals surface area contributed by atoms with Crippen molar-refractivity contribution < 1.29 is 13.6 Å². The van der Waals surface area contributed by atoms with Gasteiger partial charge in [-0.15, -0.1) is 0 Å². The number of hydrogen-bond acceptors (Lipinski definition) is 3. The molecule has 26 heavy (non-hydrogen) atoms. The highest BCUT2D eigenvalue weighted by molar-refractivity contribution is 7.79. The second-order valence-corrected chi connectivity index (χ2v) is 6.60. The number of benzene rings is 2. The Kier molecular flexibility index (Phi) is 5.11. The van der Waals surface area contributed by atoms with Crippen molar-refractivity contribution in [2.24, 2.45) is 0 Å². The molecule has 0 spiro atoms. The minimum atomic E-state index is -2.03. The van der Waals surface area contributed by atoms with Crippen LogP contribution in [0.25, 0.3) is 16.8 Å². The summed E-state index contributed by atoms with van der Waals surface area (Å²) in [6.45, 7) is 1.42. The average molecular weight is 368 g/mol. The number of rotatable bonds is 4. The van der Waals surface area contributed by atoms with Crippen LogP contribution in [0.4, 0.5) is 5.69 Å². The molecule has 1 heterocycles. The van der Waals surface area contributed by atoms with Crippen molar-refractivity contribution in [3.05, 3.63) is 77.2 Å². The lowest BCUT2D eigenvalue weighted by Crippen LogP contribution is -2.16. The Hall–Kier alpha value is -3.03. The van der Waals surface area contributed by atoms with Gasteiger partial charge in [-0.05, 0) is 47.5 Å². The molecule has 3 rings (SSSR count). The third kappa shape index (κ3) is 3.96. The minimum absolute atomic E-state index is 0.190. The predicted octanol–water partition coefficient (Wildman–Crippen LogP) is 3.04.